The molecule has 0 atom stereocenters. The predicted octanol–water partition coefficient (Wildman–Crippen LogP) is 0.650. The van der Waals surface area contributed by atoms with Gasteiger partial charge >= 0.3 is 0 Å². The van der Waals surface area contributed by atoms with E-state index in [9.17, 15) is 8.42 Å². The van der Waals surface area contributed by atoms with Crippen LogP contribution in [0.25, 0.3) is 0 Å². The van der Waals surface area contributed by atoms with Crippen molar-refractivity contribution in [2.75, 3.05) is 38.1 Å². The summed E-state index contributed by atoms with van der Waals surface area (Å²) in [6.07, 6.45) is 2.85. The third kappa shape index (κ3) is 3.77. The molecule has 2 aromatic rings. The van der Waals surface area contributed by atoms with Crippen LogP contribution in [0.1, 0.15) is 5.56 Å². The van der Waals surface area contributed by atoms with Gasteiger partial charge in [-0.1, -0.05) is 18.2 Å². The Morgan fingerprint density at radius 1 is 1.12 bits per heavy atom. The maximum absolute atomic E-state index is 12.4. The topological polar surface area (TPSA) is 70.5 Å². The van der Waals surface area contributed by atoms with E-state index in [0.29, 0.717) is 0 Å². The third-order valence-corrected chi connectivity index (χ3v) is 5.64. The third-order valence-electron chi connectivity index (χ3n) is 4.28. The highest BCUT2D eigenvalue weighted by Crippen LogP contribution is 2.22. The van der Waals surface area contributed by atoms with Gasteiger partial charge in [-0.25, -0.2) is 13.1 Å². The Bertz CT molecular complexity index is 794. The van der Waals surface area contributed by atoms with E-state index in [1.807, 2.05) is 18.2 Å². The first-order valence-corrected chi connectivity index (χ1v) is 9.44. The average Bonchev–Trinajstić information content (AvgIpc) is 3.02. The van der Waals surface area contributed by atoms with Crippen molar-refractivity contribution in [1.82, 2.24) is 19.4 Å². The minimum absolute atomic E-state index is 0.182. The molecule has 130 valence electrons. The van der Waals surface area contributed by atoms with Gasteiger partial charge in [0.05, 0.1) is 6.20 Å². The number of aryl methyl sites for hydroxylation is 1. The summed E-state index contributed by atoms with van der Waals surface area (Å²) in [4.78, 5) is 4.79. The van der Waals surface area contributed by atoms with Crippen molar-refractivity contribution in [3.63, 3.8) is 0 Å². The van der Waals surface area contributed by atoms with Crippen LogP contribution < -0.4 is 9.62 Å². The van der Waals surface area contributed by atoms with Crippen molar-refractivity contribution < 1.29 is 8.42 Å². The van der Waals surface area contributed by atoms with Gasteiger partial charge in [-0.05, 0) is 18.7 Å². The Hall–Kier alpha value is -1.90. The lowest BCUT2D eigenvalue weighted by atomic mass is 10.1. The molecule has 0 saturated carbocycles. The van der Waals surface area contributed by atoms with E-state index >= 15 is 0 Å². The Morgan fingerprint density at radius 2 is 1.83 bits per heavy atom. The van der Waals surface area contributed by atoms with Crippen LogP contribution in [0, 0.1) is 0 Å². The number of anilines is 1. The molecule has 7 nitrogen and oxygen atoms in total. The fourth-order valence-corrected chi connectivity index (χ4v) is 3.80. The molecule has 0 radical (unpaired) electrons. The lowest BCUT2D eigenvalue weighted by molar-refractivity contribution is 0.312. The molecule has 0 spiro atoms. The molecule has 1 saturated heterocycles. The van der Waals surface area contributed by atoms with Crippen LogP contribution in [0.3, 0.4) is 0 Å². The second kappa shape index (κ2) is 6.92. The molecular formula is C16H23N5O2S. The number of sulfonamides is 1. The first-order chi connectivity index (χ1) is 11.5. The normalized spacial score (nSPS) is 16.5. The first kappa shape index (κ1) is 16.9. The Morgan fingerprint density at radius 3 is 2.50 bits per heavy atom. The molecular weight excluding hydrogens is 326 g/mol. The summed E-state index contributed by atoms with van der Waals surface area (Å²) in [5, 5.41) is 3.92. The number of nitrogens with one attached hydrogen (secondary N) is 1. The number of benzene rings is 1. The molecule has 24 heavy (non-hydrogen) atoms. The van der Waals surface area contributed by atoms with Gasteiger partial charge < -0.3 is 9.80 Å². The summed E-state index contributed by atoms with van der Waals surface area (Å²) >= 11 is 0. The quantitative estimate of drug-likeness (QED) is 0.858. The largest absolute Gasteiger partial charge is 0.369 e. The molecule has 0 aliphatic carbocycles. The van der Waals surface area contributed by atoms with Crippen molar-refractivity contribution >= 4 is 15.7 Å². The van der Waals surface area contributed by atoms with Crippen LogP contribution in [0.5, 0.6) is 0 Å². The number of rotatable bonds is 5. The highest BCUT2D eigenvalue weighted by molar-refractivity contribution is 7.89. The van der Waals surface area contributed by atoms with E-state index in [1.165, 1.54) is 17.1 Å². The lowest BCUT2D eigenvalue weighted by Crippen LogP contribution is -2.45. The second-order valence-electron chi connectivity index (χ2n) is 6.09. The summed E-state index contributed by atoms with van der Waals surface area (Å²) in [6, 6.07) is 7.96. The number of hydrogen-bond donors (Lipinski definition) is 1. The number of para-hydroxylation sites is 1. The van der Waals surface area contributed by atoms with Crippen molar-refractivity contribution in [3.8, 4) is 0 Å². The fourth-order valence-electron chi connectivity index (χ4n) is 2.81. The Kier molecular flexibility index (Phi) is 4.88. The first-order valence-electron chi connectivity index (χ1n) is 7.95. The molecule has 1 aliphatic rings. The summed E-state index contributed by atoms with van der Waals surface area (Å²) in [7, 11) is 0.258. The number of piperazine rings is 1. The van der Waals surface area contributed by atoms with Gasteiger partial charge in [-0.2, -0.15) is 5.10 Å². The molecule has 1 aromatic heterocycles. The lowest BCUT2D eigenvalue weighted by Gasteiger charge is -2.35. The van der Waals surface area contributed by atoms with E-state index in [2.05, 4.69) is 32.7 Å². The summed E-state index contributed by atoms with van der Waals surface area (Å²) in [6.45, 7) is 4.18. The van der Waals surface area contributed by atoms with Crippen LogP contribution in [-0.4, -0.2) is 56.3 Å². The van der Waals surface area contributed by atoms with Crippen LogP contribution >= 0.6 is 0 Å². The molecule has 0 unspecified atom stereocenters. The van der Waals surface area contributed by atoms with Crippen LogP contribution in [0.15, 0.2) is 41.6 Å². The molecule has 1 fully saturated rings. The Balaban J connectivity index is 1.74. The predicted molar refractivity (Wildman–Crippen MR) is 93.4 cm³/mol. The second-order valence-corrected chi connectivity index (χ2v) is 7.86. The number of likely N-dealkylation sites (N-methyl/N-ethyl adjacent to an activating group) is 1. The van der Waals surface area contributed by atoms with Gasteiger partial charge in [-0.3, -0.25) is 4.68 Å². The fraction of sp³-hybridized carbons (Fsp3) is 0.438. The Labute approximate surface area is 142 Å². The molecule has 1 aromatic carbocycles. The molecule has 0 amide bonds. The summed E-state index contributed by atoms with van der Waals surface area (Å²) in [5.74, 6) is 0. The van der Waals surface area contributed by atoms with Crippen LogP contribution in [0.2, 0.25) is 0 Å². The summed E-state index contributed by atoms with van der Waals surface area (Å²) in [5.41, 5.74) is 2.08. The minimum atomic E-state index is -3.55. The monoisotopic (exact) mass is 349 g/mol. The van der Waals surface area contributed by atoms with E-state index in [1.54, 1.807) is 7.05 Å². The van der Waals surface area contributed by atoms with Gasteiger partial charge in [-0.15, -0.1) is 0 Å². The number of hydrogen-bond acceptors (Lipinski definition) is 5. The molecule has 3 rings (SSSR count). The van der Waals surface area contributed by atoms with Crippen molar-refractivity contribution in [3.05, 3.63) is 42.2 Å². The van der Waals surface area contributed by atoms with Gasteiger partial charge in [0.2, 0.25) is 10.0 Å². The van der Waals surface area contributed by atoms with Crippen LogP contribution in [0.4, 0.5) is 5.69 Å². The van der Waals surface area contributed by atoms with Crippen molar-refractivity contribution in [1.29, 1.82) is 0 Å². The van der Waals surface area contributed by atoms with E-state index in [4.69, 9.17) is 0 Å². The van der Waals surface area contributed by atoms with Crippen LogP contribution in [-0.2, 0) is 23.6 Å². The SMILES string of the molecule is CN1CCN(c2ccccc2CNS(=O)(=O)c2cnn(C)c2)CC1. The standard InChI is InChI=1S/C16H23N5O2S/c1-19-7-9-21(10-8-19)16-6-4-3-5-14(16)11-18-24(22,23)15-12-17-20(2)13-15/h3-6,12-13,18H,7-11H2,1-2H3. The molecule has 1 aliphatic heterocycles. The van der Waals surface area contributed by atoms with E-state index in [0.717, 1.165) is 37.4 Å². The highest BCUT2D eigenvalue weighted by atomic mass is 32.2. The average molecular weight is 349 g/mol. The van der Waals surface area contributed by atoms with Gasteiger partial charge in [0.15, 0.2) is 0 Å². The summed E-state index contributed by atoms with van der Waals surface area (Å²) < 4.78 is 28.9. The number of nitrogens with zero attached hydrogens (tertiary/aromatic N) is 4. The maximum atomic E-state index is 12.4. The zero-order valence-corrected chi connectivity index (χ0v) is 14.8. The molecule has 0 bridgehead atoms. The number of aromatic nitrogens is 2. The highest BCUT2D eigenvalue weighted by Gasteiger charge is 2.19. The molecule has 8 heteroatoms. The van der Waals surface area contributed by atoms with Gasteiger partial charge in [0.25, 0.3) is 0 Å². The van der Waals surface area contributed by atoms with Gasteiger partial charge in [0, 0.05) is 51.7 Å². The molecule has 2 heterocycles. The van der Waals surface area contributed by atoms with Crippen molar-refractivity contribution in [2.24, 2.45) is 7.05 Å². The zero-order valence-electron chi connectivity index (χ0n) is 14.0. The minimum Gasteiger partial charge on any atom is -0.369 e. The molecule has 1 N–H and O–H groups in total. The van der Waals surface area contributed by atoms with Crippen molar-refractivity contribution in [2.45, 2.75) is 11.4 Å². The maximum Gasteiger partial charge on any atom is 0.243 e. The van der Waals surface area contributed by atoms with E-state index in [-0.39, 0.29) is 11.4 Å². The smallest absolute Gasteiger partial charge is 0.243 e. The van der Waals surface area contributed by atoms with E-state index < -0.39 is 10.0 Å². The zero-order chi connectivity index (χ0) is 17.2. The van der Waals surface area contributed by atoms with Gasteiger partial charge in [0.1, 0.15) is 4.90 Å².